The molecule has 88 valence electrons. The van der Waals surface area contributed by atoms with Crippen LogP contribution in [0, 0.1) is 6.92 Å². The van der Waals surface area contributed by atoms with Crippen molar-refractivity contribution < 1.29 is 0 Å². The minimum absolute atomic E-state index is 0.757. The lowest BCUT2D eigenvalue weighted by Crippen LogP contribution is -2.00. The van der Waals surface area contributed by atoms with Crippen molar-refractivity contribution in [1.82, 2.24) is 0 Å². The minimum atomic E-state index is 0.757. The van der Waals surface area contributed by atoms with Crippen molar-refractivity contribution in [2.24, 2.45) is 0 Å². The highest BCUT2D eigenvalue weighted by Crippen LogP contribution is 2.23. The van der Waals surface area contributed by atoms with Crippen molar-refractivity contribution in [3.05, 3.63) is 63.6 Å². The van der Waals surface area contributed by atoms with Gasteiger partial charge in [-0.1, -0.05) is 41.4 Å². The van der Waals surface area contributed by atoms with E-state index in [4.69, 9.17) is 23.2 Å². The van der Waals surface area contributed by atoms with E-state index in [0.29, 0.717) is 0 Å². The summed E-state index contributed by atoms with van der Waals surface area (Å²) in [6.45, 7) is 2.77. The van der Waals surface area contributed by atoms with Crippen molar-refractivity contribution in [2.45, 2.75) is 13.5 Å². The van der Waals surface area contributed by atoms with Crippen LogP contribution in [0.5, 0.6) is 0 Å². The maximum Gasteiger partial charge on any atom is 0.0455 e. The highest BCUT2D eigenvalue weighted by atomic mass is 35.5. The molecule has 0 unspecified atom stereocenters. The SMILES string of the molecule is Cc1c(Cl)cccc1NCc1ccc(Cl)cc1. The third kappa shape index (κ3) is 3.15. The van der Waals surface area contributed by atoms with Crippen LogP contribution < -0.4 is 5.32 Å². The molecule has 0 fully saturated rings. The lowest BCUT2D eigenvalue weighted by Gasteiger charge is -2.10. The van der Waals surface area contributed by atoms with Gasteiger partial charge in [-0.2, -0.15) is 0 Å². The first-order valence-corrected chi connectivity index (χ1v) is 6.16. The Morgan fingerprint density at radius 1 is 1.00 bits per heavy atom. The molecular weight excluding hydrogens is 253 g/mol. The predicted octanol–water partition coefficient (Wildman–Crippen LogP) is 4.91. The summed E-state index contributed by atoms with van der Waals surface area (Å²) >= 11 is 11.9. The fourth-order valence-corrected chi connectivity index (χ4v) is 1.90. The standard InChI is InChI=1S/C14H13Cl2N/c1-10-13(16)3-2-4-14(10)17-9-11-5-7-12(15)8-6-11/h2-8,17H,9H2,1H3. The zero-order valence-electron chi connectivity index (χ0n) is 9.50. The zero-order valence-corrected chi connectivity index (χ0v) is 11.0. The van der Waals surface area contributed by atoms with Crippen LogP contribution in [0.15, 0.2) is 42.5 Å². The van der Waals surface area contributed by atoms with E-state index in [-0.39, 0.29) is 0 Å². The quantitative estimate of drug-likeness (QED) is 0.831. The number of benzene rings is 2. The van der Waals surface area contributed by atoms with Crippen LogP contribution in [0.2, 0.25) is 10.0 Å². The molecule has 0 aliphatic heterocycles. The average Bonchev–Trinajstić information content (AvgIpc) is 2.33. The number of hydrogen-bond donors (Lipinski definition) is 1. The Morgan fingerprint density at radius 3 is 2.41 bits per heavy atom. The number of nitrogens with one attached hydrogen (secondary N) is 1. The fraction of sp³-hybridized carbons (Fsp3) is 0.143. The summed E-state index contributed by atoms with van der Waals surface area (Å²) in [6.07, 6.45) is 0. The predicted molar refractivity (Wildman–Crippen MR) is 75.0 cm³/mol. The molecule has 0 aliphatic rings. The van der Waals surface area contributed by atoms with Crippen LogP contribution in [0.4, 0.5) is 5.69 Å². The van der Waals surface area contributed by atoms with Crippen LogP contribution in [-0.4, -0.2) is 0 Å². The Bertz CT molecular complexity index is 506. The Balaban J connectivity index is 2.07. The summed E-state index contributed by atoms with van der Waals surface area (Å²) in [5.74, 6) is 0. The molecule has 0 heterocycles. The number of anilines is 1. The summed E-state index contributed by atoms with van der Waals surface area (Å²) in [6, 6.07) is 13.7. The molecule has 1 N–H and O–H groups in total. The zero-order chi connectivity index (χ0) is 12.3. The van der Waals surface area contributed by atoms with Crippen LogP contribution in [0.1, 0.15) is 11.1 Å². The summed E-state index contributed by atoms with van der Waals surface area (Å²) < 4.78 is 0. The maximum atomic E-state index is 6.06. The van der Waals surface area contributed by atoms with Gasteiger partial charge in [-0.05, 0) is 42.3 Å². The van der Waals surface area contributed by atoms with Gasteiger partial charge in [-0.15, -0.1) is 0 Å². The molecule has 3 heteroatoms. The molecule has 0 aliphatic carbocycles. The smallest absolute Gasteiger partial charge is 0.0455 e. The van der Waals surface area contributed by atoms with Crippen LogP contribution in [-0.2, 0) is 6.54 Å². The second-order valence-corrected chi connectivity index (χ2v) is 4.74. The molecule has 2 aromatic rings. The topological polar surface area (TPSA) is 12.0 Å². The summed E-state index contributed by atoms with van der Waals surface area (Å²) in [5, 5.41) is 4.90. The van der Waals surface area contributed by atoms with Gasteiger partial charge < -0.3 is 5.32 Å². The molecular formula is C14H13Cl2N. The fourth-order valence-electron chi connectivity index (χ4n) is 1.60. The van der Waals surface area contributed by atoms with Crippen molar-refractivity contribution in [3.63, 3.8) is 0 Å². The van der Waals surface area contributed by atoms with E-state index in [1.54, 1.807) is 0 Å². The Labute approximate surface area is 111 Å². The van der Waals surface area contributed by atoms with E-state index < -0.39 is 0 Å². The second-order valence-electron chi connectivity index (χ2n) is 3.89. The molecule has 0 bridgehead atoms. The molecule has 1 nitrogen and oxygen atoms in total. The van der Waals surface area contributed by atoms with Crippen LogP contribution >= 0.6 is 23.2 Å². The van der Waals surface area contributed by atoms with E-state index >= 15 is 0 Å². The Morgan fingerprint density at radius 2 is 1.71 bits per heavy atom. The normalized spacial score (nSPS) is 10.3. The minimum Gasteiger partial charge on any atom is -0.381 e. The van der Waals surface area contributed by atoms with E-state index in [9.17, 15) is 0 Å². The molecule has 0 spiro atoms. The first-order chi connectivity index (χ1) is 8.16. The summed E-state index contributed by atoms with van der Waals surface area (Å²) in [7, 11) is 0. The maximum absolute atomic E-state index is 6.06. The van der Waals surface area contributed by atoms with E-state index in [1.807, 2.05) is 49.4 Å². The lowest BCUT2D eigenvalue weighted by molar-refractivity contribution is 1.14. The average molecular weight is 266 g/mol. The molecule has 0 saturated carbocycles. The molecule has 0 aromatic heterocycles. The third-order valence-corrected chi connectivity index (χ3v) is 3.33. The van der Waals surface area contributed by atoms with E-state index in [1.165, 1.54) is 5.56 Å². The second kappa shape index (κ2) is 5.44. The van der Waals surface area contributed by atoms with Gasteiger partial charge in [0.15, 0.2) is 0 Å². The van der Waals surface area contributed by atoms with Crippen molar-refractivity contribution in [3.8, 4) is 0 Å². The molecule has 2 aromatic carbocycles. The van der Waals surface area contributed by atoms with Crippen molar-refractivity contribution >= 4 is 28.9 Å². The Hall–Kier alpha value is -1.18. The van der Waals surface area contributed by atoms with Gasteiger partial charge in [0.1, 0.15) is 0 Å². The summed E-state index contributed by atoms with van der Waals surface area (Å²) in [4.78, 5) is 0. The van der Waals surface area contributed by atoms with Gasteiger partial charge in [0.2, 0.25) is 0 Å². The Kier molecular flexibility index (Phi) is 3.93. The molecule has 17 heavy (non-hydrogen) atoms. The first-order valence-electron chi connectivity index (χ1n) is 5.40. The van der Waals surface area contributed by atoms with Crippen LogP contribution in [0.3, 0.4) is 0 Å². The highest BCUT2D eigenvalue weighted by molar-refractivity contribution is 6.31. The number of hydrogen-bond acceptors (Lipinski definition) is 1. The number of rotatable bonds is 3. The first kappa shape index (κ1) is 12.3. The van der Waals surface area contributed by atoms with Gasteiger partial charge >= 0.3 is 0 Å². The third-order valence-electron chi connectivity index (χ3n) is 2.66. The van der Waals surface area contributed by atoms with Gasteiger partial charge in [-0.25, -0.2) is 0 Å². The molecule has 0 atom stereocenters. The highest BCUT2D eigenvalue weighted by Gasteiger charge is 2.01. The van der Waals surface area contributed by atoms with Gasteiger partial charge in [0.25, 0.3) is 0 Å². The number of halogens is 2. The monoisotopic (exact) mass is 265 g/mol. The van der Waals surface area contributed by atoms with E-state index in [2.05, 4.69) is 5.32 Å². The van der Waals surface area contributed by atoms with Gasteiger partial charge in [0, 0.05) is 22.3 Å². The molecule has 0 saturated heterocycles. The van der Waals surface area contributed by atoms with E-state index in [0.717, 1.165) is 27.8 Å². The van der Waals surface area contributed by atoms with Crippen LogP contribution in [0.25, 0.3) is 0 Å². The lowest BCUT2D eigenvalue weighted by atomic mass is 10.2. The van der Waals surface area contributed by atoms with Gasteiger partial charge in [-0.3, -0.25) is 0 Å². The van der Waals surface area contributed by atoms with Crippen molar-refractivity contribution in [1.29, 1.82) is 0 Å². The molecule has 0 radical (unpaired) electrons. The largest absolute Gasteiger partial charge is 0.381 e. The van der Waals surface area contributed by atoms with Crippen molar-refractivity contribution in [2.75, 3.05) is 5.32 Å². The molecule has 0 amide bonds. The molecule has 2 rings (SSSR count). The van der Waals surface area contributed by atoms with Gasteiger partial charge in [0.05, 0.1) is 0 Å². The summed E-state index contributed by atoms with van der Waals surface area (Å²) in [5.41, 5.74) is 3.32.